The normalized spacial score (nSPS) is 11.7. The second-order valence-corrected chi connectivity index (χ2v) is 2.65. The van der Waals surface area contributed by atoms with Gasteiger partial charge in [-0.3, -0.25) is 4.79 Å². The van der Waals surface area contributed by atoms with Crippen molar-refractivity contribution in [3.05, 3.63) is 11.6 Å². The van der Waals surface area contributed by atoms with Crippen molar-refractivity contribution in [3.8, 4) is 0 Å². The molecule has 0 aromatic heterocycles. The largest absolute Gasteiger partial charge is 0.276 e. The smallest absolute Gasteiger partial charge is 0.247 e. The van der Waals surface area contributed by atoms with Crippen molar-refractivity contribution >= 4 is 16.8 Å². The van der Waals surface area contributed by atoms with Crippen molar-refractivity contribution in [2.75, 3.05) is 0 Å². The number of unbranched alkanes of at least 4 members (excludes halogenated alkanes) is 2. The number of hydrogen-bond acceptors (Lipinski definition) is 1. The lowest BCUT2D eigenvalue weighted by molar-refractivity contribution is -0.108. The average Bonchev–Trinajstić information content (AvgIpc) is 1.88. The third-order valence-corrected chi connectivity index (χ3v) is 1.62. The van der Waals surface area contributed by atoms with Gasteiger partial charge in [0.25, 0.3) is 0 Å². The molecule has 0 amide bonds. The maximum absolute atomic E-state index is 10.4. The topological polar surface area (TPSA) is 17.1 Å². The first kappa shape index (κ1) is 9.70. The van der Waals surface area contributed by atoms with Gasteiger partial charge < -0.3 is 0 Å². The number of hydrogen-bond donors (Lipinski definition) is 0. The molecule has 0 N–H and O–H groups in total. The summed E-state index contributed by atoms with van der Waals surface area (Å²) in [5.74, 6) is 0. The zero-order valence-electron chi connectivity index (χ0n) is 6.48. The molecule has 10 heavy (non-hydrogen) atoms. The van der Waals surface area contributed by atoms with Crippen LogP contribution in [0.1, 0.15) is 33.1 Å². The van der Waals surface area contributed by atoms with Crippen LogP contribution in [-0.2, 0) is 4.79 Å². The zero-order valence-corrected chi connectivity index (χ0v) is 7.24. The summed E-state index contributed by atoms with van der Waals surface area (Å²) < 4.78 is 0. The summed E-state index contributed by atoms with van der Waals surface area (Å²) in [6.45, 7) is 3.86. The highest BCUT2D eigenvalue weighted by Gasteiger charge is 1.95. The van der Waals surface area contributed by atoms with Crippen LogP contribution < -0.4 is 0 Å². The minimum Gasteiger partial charge on any atom is -0.276 e. The molecule has 0 aromatic carbocycles. The van der Waals surface area contributed by atoms with Gasteiger partial charge in [-0.05, 0) is 24.9 Å². The van der Waals surface area contributed by atoms with Gasteiger partial charge in [-0.25, -0.2) is 0 Å². The van der Waals surface area contributed by atoms with E-state index in [1.54, 1.807) is 6.92 Å². The van der Waals surface area contributed by atoms with E-state index in [1.807, 2.05) is 6.08 Å². The Labute approximate surface area is 67.1 Å². The molecule has 0 fully saturated rings. The first-order valence-electron chi connectivity index (χ1n) is 3.55. The van der Waals surface area contributed by atoms with Crippen molar-refractivity contribution in [1.29, 1.82) is 0 Å². The van der Waals surface area contributed by atoms with E-state index in [-0.39, 0.29) is 5.24 Å². The molecule has 0 rings (SSSR count). The van der Waals surface area contributed by atoms with Crippen molar-refractivity contribution in [1.82, 2.24) is 0 Å². The molecular weight excluding hydrogens is 148 g/mol. The molecule has 0 radical (unpaired) electrons. The predicted octanol–water partition coefficient (Wildman–Crippen LogP) is 2.89. The molecule has 0 heterocycles. The summed E-state index contributed by atoms with van der Waals surface area (Å²) >= 11 is 5.20. The standard InChI is InChI=1S/C8H13ClO/c1-3-4-5-6-7(2)8(9)10/h6H,3-5H2,1-2H3/b7-6-. The van der Waals surface area contributed by atoms with E-state index >= 15 is 0 Å². The average molecular weight is 161 g/mol. The van der Waals surface area contributed by atoms with Crippen molar-refractivity contribution < 1.29 is 4.79 Å². The van der Waals surface area contributed by atoms with E-state index in [0.29, 0.717) is 5.57 Å². The molecule has 0 saturated carbocycles. The molecule has 0 atom stereocenters. The summed E-state index contributed by atoms with van der Waals surface area (Å²) in [6.07, 6.45) is 5.13. The first-order valence-corrected chi connectivity index (χ1v) is 3.93. The van der Waals surface area contributed by atoms with Crippen LogP contribution in [0.3, 0.4) is 0 Å². The highest BCUT2D eigenvalue weighted by Crippen LogP contribution is 2.03. The van der Waals surface area contributed by atoms with E-state index in [0.717, 1.165) is 19.3 Å². The van der Waals surface area contributed by atoms with Crippen LogP contribution in [0.25, 0.3) is 0 Å². The monoisotopic (exact) mass is 160 g/mol. The minimum atomic E-state index is -0.337. The zero-order chi connectivity index (χ0) is 7.98. The van der Waals surface area contributed by atoms with E-state index in [9.17, 15) is 4.79 Å². The van der Waals surface area contributed by atoms with Gasteiger partial charge in [0.05, 0.1) is 0 Å². The maximum Gasteiger partial charge on any atom is 0.247 e. The Morgan fingerprint density at radius 3 is 2.60 bits per heavy atom. The Morgan fingerprint density at radius 1 is 1.60 bits per heavy atom. The summed E-state index contributed by atoms with van der Waals surface area (Å²) in [4.78, 5) is 10.4. The molecule has 0 aliphatic rings. The summed E-state index contributed by atoms with van der Waals surface area (Å²) in [5.41, 5.74) is 0.662. The highest BCUT2D eigenvalue weighted by molar-refractivity contribution is 6.67. The number of allylic oxidation sites excluding steroid dienone is 2. The minimum absolute atomic E-state index is 0.337. The molecule has 0 aliphatic carbocycles. The highest BCUT2D eigenvalue weighted by atomic mass is 35.5. The van der Waals surface area contributed by atoms with Gasteiger partial charge in [0, 0.05) is 5.57 Å². The van der Waals surface area contributed by atoms with Crippen molar-refractivity contribution in [3.63, 3.8) is 0 Å². The van der Waals surface area contributed by atoms with Gasteiger partial charge in [0.1, 0.15) is 0 Å². The molecule has 1 nitrogen and oxygen atoms in total. The van der Waals surface area contributed by atoms with Crippen molar-refractivity contribution in [2.45, 2.75) is 33.1 Å². The quantitative estimate of drug-likeness (QED) is 0.351. The Kier molecular flexibility index (Phi) is 5.32. The Morgan fingerprint density at radius 2 is 2.20 bits per heavy atom. The Bertz CT molecular complexity index is 138. The van der Waals surface area contributed by atoms with Crippen LogP contribution in [0.5, 0.6) is 0 Å². The van der Waals surface area contributed by atoms with Crippen LogP contribution >= 0.6 is 11.6 Å². The molecule has 0 spiro atoms. The molecule has 0 aliphatic heterocycles. The number of halogens is 1. The fraction of sp³-hybridized carbons (Fsp3) is 0.625. The lowest BCUT2D eigenvalue weighted by atomic mass is 10.2. The van der Waals surface area contributed by atoms with Crippen molar-refractivity contribution in [2.24, 2.45) is 0 Å². The Balaban J connectivity index is 3.58. The third-order valence-electron chi connectivity index (χ3n) is 1.32. The maximum atomic E-state index is 10.4. The van der Waals surface area contributed by atoms with E-state index in [2.05, 4.69) is 6.92 Å². The second-order valence-electron chi connectivity index (χ2n) is 2.30. The van der Waals surface area contributed by atoms with Crippen LogP contribution in [0, 0.1) is 0 Å². The van der Waals surface area contributed by atoms with Gasteiger partial charge in [0.2, 0.25) is 5.24 Å². The van der Waals surface area contributed by atoms with Gasteiger partial charge in [-0.15, -0.1) is 0 Å². The second kappa shape index (κ2) is 5.48. The molecule has 0 bridgehead atoms. The molecule has 0 aromatic rings. The van der Waals surface area contributed by atoms with E-state index in [4.69, 9.17) is 11.6 Å². The van der Waals surface area contributed by atoms with Crippen LogP contribution in [-0.4, -0.2) is 5.24 Å². The lowest BCUT2D eigenvalue weighted by Gasteiger charge is -1.91. The van der Waals surface area contributed by atoms with Crippen LogP contribution in [0.15, 0.2) is 11.6 Å². The van der Waals surface area contributed by atoms with Gasteiger partial charge in [-0.2, -0.15) is 0 Å². The van der Waals surface area contributed by atoms with Gasteiger partial charge >= 0.3 is 0 Å². The van der Waals surface area contributed by atoms with E-state index in [1.165, 1.54) is 0 Å². The molecule has 2 heteroatoms. The summed E-state index contributed by atoms with van der Waals surface area (Å²) in [5, 5.41) is -0.337. The SMILES string of the molecule is CCCC/C=C(/C)C(=O)Cl. The molecule has 0 unspecified atom stereocenters. The molecule has 0 saturated heterocycles. The number of rotatable bonds is 4. The number of carbonyl (C=O) groups excluding carboxylic acids is 1. The van der Waals surface area contributed by atoms with Crippen LogP contribution in [0.4, 0.5) is 0 Å². The third kappa shape index (κ3) is 4.57. The van der Waals surface area contributed by atoms with Gasteiger partial charge in [0.15, 0.2) is 0 Å². The summed E-state index contributed by atoms with van der Waals surface area (Å²) in [6, 6.07) is 0. The predicted molar refractivity (Wildman–Crippen MR) is 44.1 cm³/mol. The fourth-order valence-electron chi connectivity index (χ4n) is 0.603. The Hall–Kier alpha value is -0.300. The fourth-order valence-corrected chi connectivity index (χ4v) is 0.680. The van der Waals surface area contributed by atoms with Crippen LogP contribution in [0.2, 0.25) is 0 Å². The first-order chi connectivity index (χ1) is 4.68. The lowest BCUT2D eigenvalue weighted by Crippen LogP contribution is -1.86. The molecular formula is C8H13ClO. The van der Waals surface area contributed by atoms with E-state index < -0.39 is 0 Å². The number of carbonyl (C=O) groups is 1. The van der Waals surface area contributed by atoms with Gasteiger partial charge in [-0.1, -0.05) is 25.8 Å². The summed E-state index contributed by atoms with van der Waals surface area (Å²) in [7, 11) is 0. The molecule has 58 valence electrons.